The molecule has 58 valence electrons. The smallest absolute Gasteiger partial charge is 0.265 e. The van der Waals surface area contributed by atoms with E-state index in [1.165, 1.54) is 0 Å². The van der Waals surface area contributed by atoms with Crippen LogP contribution in [-0.2, 0) is 0 Å². The van der Waals surface area contributed by atoms with Gasteiger partial charge in [0, 0.05) is 5.56 Å². The van der Waals surface area contributed by atoms with Crippen molar-refractivity contribution in [2.24, 2.45) is 0 Å². The van der Waals surface area contributed by atoms with Crippen LogP contribution in [0.4, 0.5) is 0 Å². The standard InChI is InChI=1S/C7H9N2OP/c10-7(8-9-11)6-4-2-1-3-5-6/h1-5,9H,11H2,(H,8,10). The number of benzene rings is 1. The van der Waals surface area contributed by atoms with Gasteiger partial charge in [0.2, 0.25) is 0 Å². The molecule has 1 amide bonds. The second kappa shape index (κ2) is 4.06. The van der Waals surface area contributed by atoms with Gasteiger partial charge >= 0.3 is 0 Å². The number of carbonyl (C=O) groups excluding carboxylic acids is 1. The fourth-order valence-corrected chi connectivity index (χ4v) is 0.858. The molecule has 0 saturated heterocycles. The molecular formula is C7H9N2OP. The van der Waals surface area contributed by atoms with E-state index in [1.54, 1.807) is 12.1 Å². The summed E-state index contributed by atoms with van der Waals surface area (Å²) in [5.41, 5.74) is 3.08. The monoisotopic (exact) mass is 168 g/mol. The third-order valence-electron chi connectivity index (χ3n) is 1.22. The highest BCUT2D eigenvalue weighted by Crippen LogP contribution is 1.96. The van der Waals surface area contributed by atoms with Crippen molar-refractivity contribution in [3.05, 3.63) is 35.9 Å². The molecule has 0 radical (unpaired) electrons. The maximum Gasteiger partial charge on any atom is 0.265 e. The van der Waals surface area contributed by atoms with Crippen molar-refractivity contribution >= 4 is 15.3 Å². The minimum atomic E-state index is -0.138. The summed E-state index contributed by atoms with van der Waals surface area (Å²) < 4.78 is 0. The molecule has 1 aromatic rings. The maximum atomic E-state index is 11.1. The molecule has 0 saturated carbocycles. The van der Waals surface area contributed by atoms with Gasteiger partial charge in [0.25, 0.3) is 5.91 Å². The number of rotatable bonds is 2. The lowest BCUT2D eigenvalue weighted by Gasteiger charge is -2.00. The zero-order valence-corrected chi connectivity index (χ0v) is 7.03. The van der Waals surface area contributed by atoms with Gasteiger partial charge in [0.1, 0.15) is 0 Å². The van der Waals surface area contributed by atoms with Crippen molar-refractivity contribution in [1.82, 2.24) is 10.6 Å². The van der Waals surface area contributed by atoms with Gasteiger partial charge in [-0.2, -0.15) is 0 Å². The molecule has 1 aromatic carbocycles. The molecule has 1 unspecified atom stereocenters. The van der Waals surface area contributed by atoms with Gasteiger partial charge in [-0.3, -0.25) is 10.2 Å². The number of carbonyl (C=O) groups is 1. The summed E-state index contributed by atoms with van der Waals surface area (Å²) in [6.45, 7) is 0. The Hall–Kier alpha value is -0.920. The summed E-state index contributed by atoms with van der Waals surface area (Å²) >= 11 is 0. The van der Waals surface area contributed by atoms with Crippen LogP contribution in [0.25, 0.3) is 0 Å². The van der Waals surface area contributed by atoms with Crippen molar-refractivity contribution < 1.29 is 4.79 Å². The number of amides is 1. The fourth-order valence-electron chi connectivity index (χ4n) is 0.727. The van der Waals surface area contributed by atoms with E-state index in [-0.39, 0.29) is 5.91 Å². The van der Waals surface area contributed by atoms with Gasteiger partial charge < -0.3 is 0 Å². The highest BCUT2D eigenvalue weighted by atomic mass is 31.0. The van der Waals surface area contributed by atoms with E-state index >= 15 is 0 Å². The van der Waals surface area contributed by atoms with Crippen LogP contribution in [0.1, 0.15) is 10.4 Å². The molecule has 11 heavy (non-hydrogen) atoms. The highest BCUT2D eigenvalue weighted by molar-refractivity contribution is 7.13. The van der Waals surface area contributed by atoms with Crippen molar-refractivity contribution in [3.8, 4) is 0 Å². The zero-order chi connectivity index (χ0) is 8.10. The fraction of sp³-hybridized carbons (Fsp3) is 0. The number of hydrogen-bond acceptors (Lipinski definition) is 2. The first-order valence-electron chi connectivity index (χ1n) is 3.15. The lowest BCUT2D eigenvalue weighted by Crippen LogP contribution is -2.29. The maximum absolute atomic E-state index is 11.1. The van der Waals surface area contributed by atoms with E-state index < -0.39 is 0 Å². The summed E-state index contributed by atoms with van der Waals surface area (Å²) in [6, 6.07) is 9.00. The third-order valence-corrected chi connectivity index (χ3v) is 1.37. The van der Waals surface area contributed by atoms with E-state index in [4.69, 9.17) is 0 Å². The van der Waals surface area contributed by atoms with E-state index in [2.05, 4.69) is 20.0 Å². The van der Waals surface area contributed by atoms with Crippen LogP contribution in [0.15, 0.2) is 30.3 Å². The van der Waals surface area contributed by atoms with Gasteiger partial charge in [-0.15, -0.1) is 0 Å². The van der Waals surface area contributed by atoms with Crippen LogP contribution in [-0.4, -0.2) is 5.91 Å². The van der Waals surface area contributed by atoms with E-state index in [0.717, 1.165) is 0 Å². The van der Waals surface area contributed by atoms with E-state index in [9.17, 15) is 4.79 Å². The predicted octanol–water partition coefficient (Wildman–Crippen LogP) is 0.711. The first-order chi connectivity index (χ1) is 5.34. The van der Waals surface area contributed by atoms with Crippen molar-refractivity contribution in [2.75, 3.05) is 0 Å². The Morgan fingerprint density at radius 3 is 2.45 bits per heavy atom. The summed E-state index contributed by atoms with van der Waals surface area (Å²) in [4.78, 5) is 11.1. The molecule has 0 aliphatic carbocycles. The Morgan fingerprint density at radius 2 is 1.91 bits per heavy atom. The number of nitrogens with one attached hydrogen (secondary N) is 2. The zero-order valence-electron chi connectivity index (χ0n) is 5.87. The molecule has 4 heteroatoms. The van der Waals surface area contributed by atoms with Crippen LogP contribution in [0.2, 0.25) is 0 Å². The van der Waals surface area contributed by atoms with Crippen LogP contribution in [0, 0.1) is 0 Å². The van der Waals surface area contributed by atoms with Crippen molar-refractivity contribution in [1.29, 1.82) is 0 Å². The summed E-state index contributed by atoms with van der Waals surface area (Å²) in [5, 5.41) is 2.48. The van der Waals surface area contributed by atoms with E-state index in [0.29, 0.717) is 5.56 Å². The third kappa shape index (κ3) is 2.30. The van der Waals surface area contributed by atoms with Crippen molar-refractivity contribution in [2.45, 2.75) is 0 Å². The molecule has 0 spiro atoms. The van der Waals surface area contributed by atoms with Crippen LogP contribution < -0.4 is 10.6 Å². The molecule has 3 nitrogen and oxygen atoms in total. The molecule has 0 aliphatic heterocycles. The Morgan fingerprint density at radius 1 is 1.27 bits per heavy atom. The minimum Gasteiger partial charge on any atom is -0.284 e. The molecule has 0 aromatic heterocycles. The highest BCUT2D eigenvalue weighted by Gasteiger charge is 1.99. The largest absolute Gasteiger partial charge is 0.284 e. The Bertz CT molecular complexity index is 237. The SMILES string of the molecule is O=C(NNP)c1ccccc1. The second-order valence-corrected chi connectivity index (χ2v) is 2.25. The molecule has 1 atom stereocenters. The quantitative estimate of drug-likeness (QED) is 0.504. The normalized spacial score (nSPS) is 9.18. The summed E-state index contributed by atoms with van der Waals surface area (Å²) in [7, 11) is 2.19. The number of hydrogen-bond donors (Lipinski definition) is 2. The lowest BCUT2D eigenvalue weighted by molar-refractivity contribution is 0.0947. The van der Waals surface area contributed by atoms with Crippen LogP contribution in [0.5, 0.6) is 0 Å². The average molecular weight is 168 g/mol. The van der Waals surface area contributed by atoms with Crippen LogP contribution >= 0.6 is 9.39 Å². The molecular weight excluding hydrogens is 159 g/mol. The van der Waals surface area contributed by atoms with Crippen molar-refractivity contribution in [3.63, 3.8) is 0 Å². The van der Waals surface area contributed by atoms with E-state index in [1.807, 2.05) is 18.2 Å². The number of hydrazine groups is 1. The first kappa shape index (κ1) is 8.18. The average Bonchev–Trinajstić information content (AvgIpc) is 2.07. The molecule has 1 rings (SSSR count). The summed E-state index contributed by atoms with van der Waals surface area (Å²) in [6.07, 6.45) is 0. The molecule has 2 N–H and O–H groups in total. The second-order valence-electron chi connectivity index (χ2n) is 1.96. The van der Waals surface area contributed by atoms with Gasteiger partial charge in [-0.05, 0) is 21.5 Å². The van der Waals surface area contributed by atoms with Gasteiger partial charge in [-0.1, -0.05) is 18.2 Å². The molecule has 0 aliphatic rings. The Balaban J connectivity index is 2.69. The first-order valence-corrected chi connectivity index (χ1v) is 3.73. The molecule has 0 heterocycles. The summed E-state index contributed by atoms with van der Waals surface area (Å²) in [5.74, 6) is -0.138. The van der Waals surface area contributed by atoms with Gasteiger partial charge in [-0.25, -0.2) is 5.20 Å². The Labute approximate surface area is 67.4 Å². The Kier molecular flexibility index (Phi) is 3.02. The minimum absolute atomic E-state index is 0.138. The molecule has 0 fully saturated rings. The topological polar surface area (TPSA) is 41.1 Å². The predicted molar refractivity (Wildman–Crippen MR) is 46.8 cm³/mol. The van der Waals surface area contributed by atoms with Gasteiger partial charge in [0.05, 0.1) is 0 Å². The van der Waals surface area contributed by atoms with Crippen LogP contribution in [0.3, 0.4) is 0 Å². The lowest BCUT2D eigenvalue weighted by atomic mass is 10.2. The van der Waals surface area contributed by atoms with Gasteiger partial charge in [0.15, 0.2) is 0 Å². The molecule has 0 bridgehead atoms.